The molecule has 0 radical (unpaired) electrons. The Kier molecular flexibility index (Phi) is 5.46. The summed E-state index contributed by atoms with van der Waals surface area (Å²) in [4.78, 5) is 16.6. The van der Waals surface area contributed by atoms with E-state index >= 15 is 0 Å². The maximum atomic E-state index is 13.4. The number of hydrogen-bond donors (Lipinski definition) is 2. The van der Waals surface area contributed by atoms with E-state index in [0.717, 1.165) is 12.3 Å². The second-order valence-electron chi connectivity index (χ2n) is 6.63. The molecule has 1 saturated heterocycles. The molecule has 1 fully saturated rings. The number of halogens is 4. The average Bonchev–Trinajstić information content (AvgIpc) is 3.11. The Balaban J connectivity index is 1.71. The van der Waals surface area contributed by atoms with Crippen LogP contribution in [0.3, 0.4) is 0 Å². The molecule has 1 amide bonds. The molecular weight excluding hydrogens is 362 g/mol. The largest absolute Gasteiger partial charge is 0.417 e. The standard InChI is InChI=1S/C19H19F4N3O/c1-11(12-3-2-4-14(20)7-12)26-18(27)16-10-24-9-15(16)17-6-5-13(8-25-17)19(21,22)23/h2-8,11,15-16,24H,9-10H2,1H3,(H,26,27). The second kappa shape index (κ2) is 7.64. The molecule has 1 aliphatic heterocycles. The van der Waals surface area contributed by atoms with Crippen LogP contribution in [0.5, 0.6) is 0 Å². The lowest BCUT2D eigenvalue weighted by Gasteiger charge is -2.21. The number of pyridine rings is 1. The summed E-state index contributed by atoms with van der Waals surface area (Å²) >= 11 is 0. The number of nitrogens with zero attached hydrogens (tertiary/aromatic N) is 1. The highest BCUT2D eigenvalue weighted by Crippen LogP contribution is 2.32. The number of benzene rings is 1. The number of alkyl halides is 3. The molecule has 0 saturated carbocycles. The number of aromatic nitrogens is 1. The maximum Gasteiger partial charge on any atom is 0.417 e. The summed E-state index contributed by atoms with van der Waals surface area (Å²) in [6.45, 7) is 2.60. The number of nitrogens with one attached hydrogen (secondary N) is 2. The van der Waals surface area contributed by atoms with Gasteiger partial charge in [-0.05, 0) is 36.8 Å². The second-order valence-corrected chi connectivity index (χ2v) is 6.63. The minimum Gasteiger partial charge on any atom is -0.349 e. The molecule has 1 aromatic heterocycles. The van der Waals surface area contributed by atoms with Crippen LogP contribution in [0, 0.1) is 11.7 Å². The van der Waals surface area contributed by atoms with Gasteiger partial charge in [0.2, 0.25) is 5.91 Å². The summed E-state index contributed by atoms with van der Waals surface area (Å²) in [5.41, 5.74) is 0.253. The molecule has 2 N–H and O–H groups in total. The molecule has 2 aromatic rings. The number of rotatable bonds is 4. The van der Waals surface area contributed by atoms with Crippen LogP contribution in [0.1, 0.15) is 35.7 Å². The van der Waals surface area contributed by atoms with Gasteiger partial charge in [-0.2, -0.15) is 13.2 Å². The van der Waals surface area contributed by atoms with Crippen molar-refractivity contribution in [2.75, 3.05) is 13.1 Å². The van der Waals surface area contributed by atoms with Gasteiger partial charge in [0.15, 0.2) is 0 Å². The molecule has 1 aromatic carbocycles. The number of carbonyl (C=O) groups excluding carboxylic acids is 1. The average molecular weight is 381 g/mol. The van der Waals surface area contributed by atoms with E-state index in [1.165, 1.54) is 18.2 Å². The molecule has 0 aliphatic carbocycles. The Hall–Kier alpha value is -2.48. The molecule has 27 heavy (non-hydrogen) atoms. The van der Waals surface area contributed by atoms with E-state index in [0.29, 0.717) is 24.3 Å². The summed E-state index contributed by atoms with van der Waals surface area (Å²) in [6, 6.07) is 7.87. The quantitative estimate of drug-likeness (QED) is 0.798. The van der Waals surface area contributed by atoms with Gasteiger partial charge in [0.1, 0.15) is 5.82 Å². The van der Waals surface area contributed by atoms with Gasteiger partial charge in [0.25, 0.3) is 0 Å². The van der Waals surface area contributed by atoms with Crippen LogP contribution >= 0.6 is 0 Å². The van der Waals surface area contributed by atoms with Crippen molar-refractivity contribution in [1.82, 2.24) is 15.6 Å². The van der Waals surface area contributed by atoms with E-state index in [4.69, 9.17) is 0 Å². The van der Waals surface area contributed by atoms with Crippen LogP contribution < -0.4 is 10.6 Å². The third-order valence-corrected chi connectivity index (χ3v) is 4.75. The highest BCUT2D eigenvalue weighted by atomic mass is 19.4. The Morgan fingerprint density at radius 1 is 1.26 bits per heavy atom. The molecule has 8 heteroatoms. The summed E-state index contributed by atoms with van der Waals surface area (Å²) < 4.78 is 51.4. The van der Waals surface area contributed by atoms with Gasteiger partial charge in [0, 0.05) is 30.9 Å². The zero-order chi connectivity index (χ0) is 19.6. The Labute approximate surface area is 154 Å². The van der Waals surface area contributed by atoms with Crippen LogP contribution in [0.15, 0.2) is 42.6 Å². The number of carbonyl (C=O) groups is 1. The van der Waals surface area contributed by atoms with Crippen LogP contribution in [-0.2, 0) is 11.0 Å². The third-order valence-electron chi connectivity index (χ3n) is 4.75. The van der Waals surface area contributed by atoms with E-state index in [9.17, 15) is 22.4 Å². The lowest BCUT2D eigenvalue weighted by atomic mass is 9.91. The van der Waals surface area contributed by atoms with Crippen LogP contribution in [0.2, 0.25) is 0 Å². The van der Waals surface area contributed by atoms with Gasteiger partial charge in [0.05, 0.1) is 17.5 Å². The van der Waals surface area contributed by atoms with Crippen molar-refractivity contribution in [3.8, 4) is 0 Å². The van der Waals surface area contributed by atoms with Crippen LogP contribution in [0.4, 0.5) is 17.6 Å². The van der Waals surface area contributed by atoms with Gasteiger partial charge < -0.3 is 10.6 Å². The van der Waals surface area contributed by atoms with Gasteiger partial charge in [-0.25, -0.2) is 4.39 Å². The van der Waals surface area contributed by atoms with Crippen molar-refractivity contribution < 1.29 is 22.4 Å². The normalized spacial score (nSPS) is 21.1. The predicted octanol–water partition coefficient (Wildman–Crippen LogP) is 3.42. The van der Waals surface area contributed by atoms with Crippen molar-refractivity contribution in [2.24, 2.45) is 5.92 Å². The lowest BCUT2D eigenvalue weighted by molar-refractivity contribution is -0.137. The summed E-state index contributed by atoms with van der Waals surface area (Å²) in [7, 11) is 0. The van der Waals surface area contributed by atoms with Crippen molar-refractivity contribution >= 4 is 5.91 Å². The fraction of sp³-hybridized carbons (Fsp3) is 0.368. The van der Waals surface area contributed by atoms with Crippen molar-refractivity contribution in [2.45, 2.75) is 25.1 Å². The Bertz CT molecular complexity index is 807. The summed E-state index contributed by atoms with van der Waals surface area (Å²) in [6.07, 6.45) is -3.66. The van der Waals surface area contributed by atoms with Crippen molar-refractivity contribution in [3.05, 3.63) is 65.2 Å². The molecule has 3 unspecified atom stereocenters. The maximum absolute atomic E-state index is 13.4. The molecule has 4 nitrogen and oxygen atoms in total. The molecule has 0 spiro atoms. The smallest absolute Gasteiger partial charge is 0.349 e. The highest BCUT2D eigenvalue weighted by molar-refractivity contribution is 5.80. The molecule has 3 rings (SSSR count). The third kappa shape index (κ3) is 4.44. The number of amides is 1. The summed E-state index contributed by atoms with van der Waals surface area (Å²) in [5, 5.41) is 5.93. The van der Waals surface area contributed by atoms with Crippen molar-refractivity contribution in [1.29, 1.82) is 0 Å². The van der Waals surface area contributed by atoms with Gasteiger partial charge >= 0.3 is 6.18 Å². The van der Waals surface area contributed by atoms with Gasteiger partial charge in [-0.15, -0.1) is 0 Å². The molecule has 1 aliphatic rings. The van der Waals surface area contributed by atoms with E-state index in [1.807, 2.05) is 0 Å². The van der Waals surface area contributed by atoms with Crippen molar-refractivity contribution in [3.63, 3.8) is 0 Å². The fourth-order valence-electron chi connectivity index (χ4n) is 3.24. The SMILES string of the molecule is CC(NC(=O)C1CNCC1c1ccc(C(F)(F)F)cn1)c1cccc(F)c1. The summed E-state index contributed by atoms with van der Waals surface area (Å²) in [5.74, 6) is -1.43. The molecule has 2 heterocycles. The van der Waals surface area contributed by atoms with Gasteiger partial charge in [-0.1, -0.05) is 12.1 Å². The molecule has 0 bridgehead atoms. The van der Waals surface area contributed by atoms with E-state index in [1.54, 1.807) is 19.1 Å². The van der Waals surface area contributed by atoms with Gasteiger partial charge in [-0.3, -0.25) is 9.78 Å². The minimum atomic E-state index is -4.45. The number of hydrogen-bond acceptors (Lipinski definition) is 3. The van der Waals surface area contributed by atoms with Crippen LogP contribution in [0.25, 0.3) is 0 Å². The van der Waals surface area contributed by atoms with E-state index in [-0.39, 0.29) is 17.6 Å². The monoisotopic (exact) mass is 381 g/mol. The Morgan fingerprint density at radius 3 is 2.67 bits per heavy atom. The first-order valence-corrected chi connectivity index (χ1v) is 8.55. The first-order chi connectivity index (χ1) is 12.8. The van der Waals surface area contributed by atoms with Crippen LogP contribution in [-0.4, -0.2) is 24.0 Å². The fourth-order valence-corrected chi connectivity index (χ4v) is 3.24. The predicted molar refractivity (Wildman–Crippen MR) is 91.3 cm³/mol. The first kappa shape index (κ1) is 19.3. The molecule has 3 atom stereocenters. The van der Waals surface area contributed by atoms with E-state index < -0.39 is 23.7 Å². The molecular formula is C19H19F4N3O. The topological polar surface area (TPSA) is 54.0 Å². The lowest BCUT2D eigenvalue weighted by Crippen LogP contribution is -2.36. The highest BCUT2D eigenvalue weighted by Gasteiger charge is 2.36. The minimum absolute atomic E-state index is 0.247. The molecule has 144 valence electrons. The zero-order valence-corrected chi connectivity index (χ0v) is 14.6. The first-order valence-electron chi connectivity index (χ1n) is 8.55. The Morgan fingerprint density at radius 2 is 2.04 bits per heavy atom. The van der Waals surface area contributed by atoms with E-state index in [2.05, 4.69) is 15.6 Å². The zero-order valence-electron chi connectivity index (χ0n) is 14.6.